The van der Waals surface area contributed by atoms with E-state index in [0.717, 1.165) is 103 Å². The van der Waals surface area contributed by atoms with Gasteiger partial charge in [0.1, 0.15) is 19.8 Å². The largest absolute Gasteiger partial charge is 0.756 e. The molecule has 0 amide bonds. The van der Waals surface area contributed by atoms with E-state index in [1.807, 2.05) is 21.1 Å². The predicted molar refractivity (Wildman–Crippen MR) is 300 cm³/mol. The molecule has 0 aromatic heterocycles. The molecule has 0 radical (unpaired) electrons. The Bertz CT molecular complexity index is 1520. The Morgan fingerprint density at radius 3 is 1.21 bits per heavy atom. The molecule has 0 saturated carbocycles. The maximum absolute atomic E-state index is 12.8. The minimum atomic E-state index is -4.64. The second kappa shape index (κ2) is 51.8. The number of carbonyl (C=O) groups is 2. The maximum Gasteiger partial charge on any atom is 0.306 e. The minimum Gasteiger partial charge on any atom is -0.756 e. The van der Waals surface area contributed by atoms with E-state index in [2.05, 4.69) is 111 Å². The Morgan fingerprint density at radius 1 is 0.451 bits per heavy atom. The maximum atomic E-state index is 12.8. The molecule has 2 atom stereocenters. The summed E-state index contributed by atoms with van der Waals surface area (Å²) in [4.78, 5) is 37.8. The predicted octanol–water partition coefficient (Wildman–Crippen LogP) is 17.0. The first-order valence-electron chi connectivity index (χ1n) is 28.4. The summed E-state index contributed by atoms with van der Waals surface area (Å²) in [6.07, 6.45) is 70.2. The van der Waals surface area contributed by atoms with Crippen molar-refractivity contribution in [3.63, 3.8) is 0 Å². The van der Waals surface area contributed by atoms with Crippen LogP contribution in [0.1, 0.15) is 226 Å². The Hall–Kier alpha value is -3.07. The lowest BCUT2D eigenvalue weighted by atomic mass is 10.1. The van der Waals surface area contributed by atoms with Gasteiger partial charge in [0.25, 0.3) is 7.82 Å². The zero-order valence-electron chi connectivity index (χ0n) is 46.1. The van der Waals surface area contributed by atoms with Crippen LogP contribution < -0.4 is 4.89 Å². The van der Waals surface area contributed by atoms with Crippen molar-refractivity contribution in [2.75, 3.05) is 47.5 Å². The van der Waals surface area contributed by atoms with Gasteiger partial charge in [-0.1, -0.05) is 214 Å². The van der Waals surface area contributed by atoms with E-state index < -0.39 is 32.5 Å². The summed E-state index contributed by atoms with van der Waals surface area (Å²) in [5.74, 6) is -0.853. The number of unbranched alkanes of at least 4 members (excludes halogenated alkanes) is 21. The molecule has 0 N–H and O–H groups in total. The van der Waals surface area contributed by atoms with Crippen molar-refractivity contribution < 1.29 is 42.1 Å². The van der Waals surface area contributed by atoms with Crippen LogP contribution in [-0.2, 0) is 32.7 Å². The van der Waals surface area contributed by atoms with E-state index in [1.165, 1.54) is 83.5 Å². The van der Waals surface area contributed by atoms with E-state index >= 15 is 0 Å². The molecule has 0 heterocycles. The fourth-order valence-corrected chi connectivity index (χ4v) is 8.18. The number of hydrogen-bond donors (Lipinski definition) is 0. The molecule has 0 aromatic carbocycles. The molecule has 9 nitrogen and oxygen atoms in total. The standard InChI is InChI=1S/C61H106NO8P/c1-6-8-10-12-14-16-18-20-22-24-25-26-27-28-29-30-31-32-33-34-35-36-37-38-40-42-44-46-48-50-52-54-61(64)70-59(58-69-71(65,66)68-56-55-62(3,4)5)57-67-60(63)53-51-49-47-45-43-41-39-23-21-19-17-15-13-11-9-7-2/h8,10,14,16,20,22-23,25-26,28-29,31-32,34-35,39,59H,6-7,9,11-13,15,17-19,21,24,27,30,33,36-38,40-58H2,1-5H3/b10-8-,16-14-,22-20-,26-25-,29-28-,32-31-,35-34-,39-23-. The van der Waals surface area contributed by atoms with Crippen LogP contribution >= 0.6 is 7.82 Å². The second-order valence-corrected chi connectivity index (χ2v) is 21.3. The molecule has 0 fully saturated rings. The highest BCUT2D eigenvalue weighted by Crippen LogP contribution is 2.38. The molecule has 0 bridgehead atoms. The summed E-state index contributed by atoms with van der Waals surface area (Å²) in [6.45, 7) is 4.10. The van der Waals surface area contributed by atoms with Crippen molar-refractivity contribution in [1.29, 1.82) is 0 Å². The normalized spacial score (nSPS) is 14.1. The number of carbonyl (C=O) groups excluding carboxylic acids is 2. The van der Waals surface area contributed by atoms with Gasteiger partial charge in [-0.25, -0.2) is 0 Å². The lowest BCUT2D eigenvalue weighted by Crippen LogP contribution is -2.37. The van der Waals surface area contributed by atoms with Gasteiger partial charge in [-0.3, -0.25) is 14.2 Å². The molecule has 0 rings (SSSR count). The Kier molecular flexibility index (Phi) is 49.6. The van der Waals surface area contributed by atoms with E-state index in [9.17, 15) is 19.0 Å². The van der Waals surface area contributed by atoms with Gasteiger partial charge in [0.05, 0.1) is 27.7 Å². The van der Waals surface area contributed by atoms with Gasteiger partial charge in [-0.05, 0) is 96.3 Å². The fraction of sp³-hybridized carbons (Fsp3) is 0.705. The van der Waals surface area contributed by atoms with Crippen LogP contribution in [-0.4, -0.2) is 70.0 Å². The SMILES string of the molecule is CC/C=C\C/C=C\C/C=C\C/C=C\C/C=C\C/C=C\C/C=C\CCCCCCCCCCCC(=O)OC(COC(=O)CCCCCCC/C=C\CCCCCCCCC)COP(=O)([O-])OCC[N+](C)(C)C. The molecule has 2 unspecified atom stereocenters. The molecular weight excluding hydrogens is 906 g/mol. The first-order chi connectivity index (χ1) is 34.5. The van der Waals surface area contributed by atoms with Crippen molar-refractivity contribution in [1.82, 2.24) is 0 Å². The van der Waals surface area contributed by atoms with Crippen LogP contribution in [0, 0.1) is 0 Å². The Labute approximate surface area is 436 Å². The van der Waals surface area contributed by atoms with Gasteiger partial charge >= 0.3 is 11.9 Å². The van der Waals surface area contributed by atoms with Crippen LogP contribution in [0.5, 0.6) is 0 Å². The number of phosphoric acid groups is 1. The van der Waals surface area contributed by atoms with E-state index in [4.69, 9.17) is 18.5 Å². The van der Waals surface area contributed by atoms with Gasteiger partial charge in [-0.2, -0.15) is 0 Å². The first-order valence-corrected chi connectivity index (χ1v) is 29.9. The lowest BCUT2D eigenvalue weighted by Gasteiger charge is -2.28. The van der Waals surface area contributed by atoms with Crippen LogP contribution in [0.4, 0.5) is 0 Å². The molecule has 408 valence electrons. The highest BCUT2D eigenvalue weighted by molar-refractivity contribution is 7.45. The molecular formula is C61H106NO8P. The fourth-order valence-electron chi connectivity index (χ4n) is 7.45. The van der Waals surface area contributed by atoms with Crippen molar-refractivity contribution in [2.24, 2.45) is 0 Å². The van der Waals surface area contributed by atoms with Gasteiger partial charge in [0.2, 0.25) is 0 Å². The van der Waals surface area contributed by atoms with Crippen LogP contribution in [0.25, 0.3) is 0 Å². The first kappa shape index (κ1) is 67.9. The minimum absolute atomic E-state index is 0.0375. The number of ether oxygens (including phenoxy) is 2. The number of rotatable bonds is 51. The van der Waals surface area contributed by atoms with Crippen LogP contribution in [0.2, 0.25) is 0 Å². The molecule has 0 spiro atoms. The Balaban J connectivity index is 4.20. The van der Waals surface area contributed by atoms with Gasteiger partial charge < -0.3 is 27.9 Å². The van der Waals surface area contributed by atoms with E-state index in [-0.39, 0.29) is 26.1 Å². The van der Waals surface area contributed by atoms with Gasteiger partial charge in [-0.15, -0.1) is 0 Å². The topological polar surface area (TPSA) is 111 Å². The molecule has 0 aliphatic heterocycles. The summed E-state index contributed by atoms with van der Waals surface area (Å²) in [5.41, 5.74) is 0. The molecule has 0 aliphatic rings. The van der Waals surface area contributed by atoms with Gasteiger partial charge in [0.15, 0.2) is 6.10 Å². The van der Waals surface area contributed by atoms with Crippen molar-refractivity contribution in [3.05, 3.63) is 97.2 Å². The number of nitrogens with zero attached hydrogens (tertiary/aromatic N) is 1. The molecule has 0 saturated heterocycles. The summed E-state index contributed by atoms with van der Waals surface area (Å²) in [5, 5.41) is 0. The van der Waals surface area contributed by atoms with Crippen LogP contribution in [0.3, 0.4) is 0 Å². The number of allylic oxidation sites excluding steroid dienone is 16. The highest BCUT2D eigenvalue weighted by Gasteiger charge is 2.21. The van der Waals surface area contributed by atoms with Crippen molar-refractivity contribution >= 4 is 19.8 Å². The lowest BCUT2D eigenvalue weighted by molar-refractivity contribution is -0.870. The summed E-state index contributed by atoms with van der Waals surface area (Å²) >= 11 is 0. The smallest absolute Gasteiger partial charge is 0.306 e. The average molecular weight is 1010 g/mol. The van der Waals surface area contributed by atoms with Gasteiger partial charge in [0, 0.05) is 12.8 Å². The number of likely N-dealkylation sites (N-methyl/N-ethyl adjacent to an activating group) is 1. The second-order valence-electron chi connectivity index (χ2n) is 19.9. The zero-order chi connectivity index (χ0) is 52.0. The summed E-state index contributed by atoms with van der Waals surface area (Å²) in [6, 6.07) is 0. The monoisotopic (exact) mass is 1010 g/mol. The number of phosphoric ester groups is 1. The number of quaternary nitrogens is 1. The molecule has 0 aliphatic carbocycles. The summed E-state index contributed by atoms with van der Waals surface area (Å²) < 4.78 is 34.1. The Morgan fingerprint density at radius 2 is 0.803 bits per heavy atom. The van der Waals surface area contributed by atoms with Crippen molar-refractivity contribution in [3.8, 4) is 0 Å². The molecule has 10 heteroatoms. The average Bonchev–Trinajstić information content (AvgIpc) is 3.33. The third-order valence-electron chi connectivity index (χ3n) is 11.8. The molecule has 71 heavy (non-hydrogen) atoms. The van der Waals surface area contributed by atoms with Crippen molar-refractivity contribution in [2.45, 2.75) is 232 Å². The van der Waals surface area contributed by atoms with E-state index in [0.29, 0.717) is 23.9 Å². The molecule has 0 aromatic rings. The highest BCUT2D eigenvalue weighted by atomic mass is 31.2. The number of esters is 2. The van der Waals surface area contributed by atoms with Crippen LogP contribution in [0.15, 0.2) is 97.2 Å². The van der Waals surface area contributed by atoms with E-state index in [1.54, 1.807) is 0 Å². The number of hydrogen-bond acceptors (Lipinski definition) is 8. The summed E-state index contributed by atoms with van der Waals surface area (Å²) in [7, 11) is 1.15. The third-order valence-corrected chi connectivity index (χ3v) is 12.8. The third kappa shape index (κ3) is 56.1. The zero-order valence-corrected chi connectivity index (χ0v) is 47.0. The quantitative estimate of drug-likeness (QED) is 0.0195.